The van der Waals surface area contributed by atoms with E-state index in [1.165, 1.54) is 0 Å². The molecule has 2 N–H and O–H groups in total. The van der Waals surface area contributed by atoms with Crippen molar-refractivity contribution < 1.29 is 0 Å². The first kappa shape index (κ1) is 15.3. The zero-order valence-electron chi connectivity index (χ0n) is 12.3. The predicted octanol–water partition coefficient (Wildman–Crippen LogP) is 4.37. The molecule has 0 aliphatic rings. The largest absolute Gasteiger partial charge is 0.383 e. The Labute approximate surface area is 130 Å². The van der Waals surface area contributed by atoms with Crippen molar-refractivity contribution in [3.05, 3.63) is 46.1 Å². The lowest BCUT2D eigenvalue weighted by Gasteiger charge is -2.16. The first-order chi connectivity index (χ1) is 10.1. The molecule has 0 atom stereocenters. The second-order valence-electron chi connectivity index (χ2n) is 4.90. The summed E-state index contributed by atoms with van der Waals surface area (Å²) in [4.78, 5) is 4.44. The van der Waals surface area contributed by atoms with Crippen LogP contribution in [0.3, 0.4) is 0 Å². The van der Waals surface area contributed by atoms with E-state index in [0.29, 0.717) is 16.4 Å². The fraction of sp³-hybridized carbons (Fsp3) is 0.294. The number of anilines is 1. The molecule has 0 unspecified atom stereocenters. The number of pyridine rings is 1. The van der Waals surface area contributed by atoms with Crippen LogP contribution in [0.1, 0.15) is 37.1 Å². The molecule has 0 amide bonds. The van der Waals surface area contributed by atoms with E-state index >= 15 is 0 Å². The number of halogens is 1. The zero-order valence-corrected chi connectivity index (χ0v) is 13.0. The van der Waals surface area contributed by atoms with Crippen LogP contribution in [0.25, 0.3) is 11.1 Å². The number of aromatic nitrogens is 1. The van der Waals surface area contributed by atoms with Crippen LogP contribution in [0.4, 0.5) is 5.82 Å². The van der Waals surface area contributed by atoms with Crippen LogP contribution in [0.15, 0.2) is 24.3 Å². The number of hydrogen-bond acceptors (Lipinski definition) is 3. The third kappa shape index (κ3) is 3.01. The average molecular weight is 300 g/mol. The summed E-state index contributed by atoms with van der Waals surface area (Å²) in [6, 6.07) is 9.72. The molecule has 3 nitrogen and oxygen atoms in total. The van der Waals surface area contributed by atoms with Crippen LogP contribution >= 0.6 is 11.6 Å². The Bertz CT molecular complexity index is 702. The van der Waals surface area contributed by atoms with Crippen molar-refractivity contribution in [2.45, 2.75) is 33.1 Å². The van der Waals surface area contributed by atoms with Gasteiger partial charge in [-0.25, -0.2) is 4.98 Å². The van der Waals surface area contributed by atoms with Gasteiger partial charge in [0, 0.05) is 16.3 Å². The Balaban J connectivity index is 2.80. The first-order valence-corrected chi connectivity index (χ1v) is 7.47. The summed E-state index contributed by atoms with van der Waals surface area (Å²) < 4.78 is 0. The molecule has 108 valence electrons. The van der Waals surface area contributed by atoms with Crippen molar-refractivity contribution >= 4 is 17.4 Å². The van der Waals surface area contributed by atoms with Gasteiger partial charge in [0.15, 0.2) is 0 Å². The SMILES string of the molecule is CCCc1nc(N)c(C#N)c(-c2cccc(Cl)c2)c1CC. The van der Waals surface area contributed by atoms with Crippen LogP contribution in [0, 0.1) is 11.3 Å². The monoisotopic (exact) mass is 299 g/mol. The minimum Gasteiger partial charge on any atom is -0.383 e. The summed E-state index contributed by atoms with van der Waals surface area (Å²) in [6.45, 7) is 4.18. The number of nitrogen functional groups attached to an aromatic ring is 1. The molecule has 1 aromatic carbocycles. The van der Waals surface area contributed by atoms with Crippen LogP contribution in [-0.4, -0.2) is 4.98 Å². The van der Waals surface area contributed by atoms with E-state index in [2.05, 4.69) is 24.9 Å². The van der Waals surface area contributed by atoms with E-state index in [9.17, 15) is 5.26 Å². The van der Waals surface area contributed by atoms with E-state index in [0.717, 1.165) is 41.6 Å². The number of nitrogens with zero attached hydrogens (tertiary/aromatic N) is 2. The standard InChI is InChI=1S/C17H18ClN3/c1-3-6-15-13(4-2)16(14(10-19)17(20)21-15)11-7-5-8-12(18)9-11/h5,7-9H,3-4,6H2,1-2H3,(H2,20,21). The van der Waals surface area contributed by atoms with Gasteiger partial charge in [-0.15, -0.1) is 0 Å². The lowest BCUT2D eigenvalue weighted by Crippen LogP contribution is -2.07. The third-order valence-corrected chi connectivity index (χ3v) is 3.71. The molecule has 0 aliphatic heterocycles. The molecule has 0 saturated carbocycles. The van der Waals surface area contributed by atoms with Gasteiger partial charge in [0.1, 0.15) is 17.5 Å². The Morgan fingerprint density at radius 2 is 2.10 bits per heavy atom. The van der Waals surface area contributed by atoms with Crippen molar-refractivity contribution in [1.29, 1.82) is 5.26 Å². The number of nitriles is 1. The topological polar surface area (TPSA) is 62.7 Å². The van der Waals surface area contributed by atoms with Crippen molar-refractivity contribution in [2.24, 2.45) is 0 Å². The minimum absolute atomic E-state index is 0.299. The fourth-order valence-corrected chi connectivity index (χ4v) is 2.78. The minimum atomic E-state index is 0.299. The Kier molecular flexibility index (Phi) is 4.82. The third-order valence-electron chi connectivity index (χ3n) is 3.48. The van der Waals surface area contributed by atoms with E-state index < -0.39 is 0 Å². The summed E-state index contributed by atoms with van der Waals surface area (Å²) in [7, 11) is 0. The zero-order chi connectivity index (χ0) is 15.4. The van der Waals surface area contributed by atoms with Gasteiger partial charge in [-0.2, -0.15) is 5.26 Å². The Morgan fingerprint density at radius 1 is 1.33 bits per heavy atom. The van der Waals surface area contributed by atoms with Crippen LogP contribution in [-0.2, 0) is 12.8 Å². The highest BCUT2D eigenvalue weighted by atomic mass is 35.5. The molecule has 4 heteroatoms. The van der Waals surface area contributed by atoms with Gasteiger partial charge in [0.25, 0.3) is 0 Å². The summed E-state index contributed by atoms with van der Waals surface area (Å²) in [5.74, 6) is 0.299. The predicted molar refractivity (Wildman–Crippen MR) is 87.2 cm³/mol. The average Bonchev–Trinajstić information content (AvgIpc) is 2.47. The molecule has 0 spiro atoms. The summed E-state index contributed by atoms with van der Waals surface area (Å²) >= 11 is 6.10. The molecule has 0 radical (unpaired) electrons. The summed E-state index contributed by atoms with van der Waals surface area (Å²) in [6.07, 6.45) is 2.64. The second-order valence-corrected chi connectivity index (χ2v) is 5.33. The van der Waals surface area contributed by atoms with Gasteiger partial charge in [-0.3, -0.25) is 0 Å². The van der Waals surface area contributed by atoms with Gasteiger partial charge < -0.3 is 5.73 Å². The lowest BCUT2D eigenvalue weighted by atomic mass is 9.91. The molecule has 0 saturated heterocycles. The molecule has 1 heterocycles. The lowest BCUT2D eigenvalue weighted by molar-refractivity contribution is 0.860. The number of aryl methyl sites for hydroxylation is 1. The maximum atomic E-state index is 9.47. The highest BCUT2D eigenvalue weighted by Crippen LogP contribution is 2.34. The van der Waals surface area contributed by atoms with Crippen molar-refractivity contribution in [2.75, 3.05) is 5.73 Å². The number of nitrogens with two attached hydrogens (primary N) is 1. The van der Waals surface area contributed by atoms with E-state index in [1.807, 2.05) is 24.3 Å². The molecule has 0 bridgehead atoms. The van der Waals surface area contributed by atoms with E-state index in [1.54, 1.807) is 0 Å². The van der Waals surface area contributed by atoms with Gasteiger partial charge in [-0.05, 0) is 36.1 Å². The van der Waals surface area contributed by atoms with Crippen molar-refractivity contribution in [3.8, 4) is 17.2 Å². The Morgan fingerprint density at radius 3 is 2.67 bits per heavy atom. The molecule has 0 fully saturated rings. The highest BCUT2D eigenvalue weighted by molar-refractivity contribution is 6.30. The molecule has 0 aliphatic carbocycles. The van der Waals surface area contributed by atoms with Crippen LogP contribution < -0.4 is 5.73 Å². The number of benzene rings is 1. The molecule has 1 aromatic heterocycles. The van der Waals surface area contributed by atoms with Crippen LogP contribution in [0.5, 0.6) is 0 Å². The van der Waals surface area contributed by atoms with Crippen LogP contribution in [0.2, 0.25) is 5.02 Å². The molecular formula is C17H18ClN3. The molecule has 2 rings (SSSR count). The summed E-state index contributed by atoms with van der Waals surface area (Å²) in [5.41, 5.74) is 10.3. The molecule has 21 heavy (non-hydrogen) atoms. The maximum Gasteiger partial charge on any atom is 0.142 e. The molecular weight excluding hydrogens is 282 g/mol. The summed E-state index contributed by atoms with van der Waals surface area (Å²) in [5, 5.41) is 10.1. The first-order valence-electron chi connectivity index (χ1n) is 7.09. The van der Waals surface area contributed by atoms with Gasteiger partial charge in [0.2, 0.25) is 0 Å². The Hall–Kier alpha value is -2.05. The maximum absolute atomic E-state index is 9.47. The highest BCUT2D eigenvalue weighted by Gasteiger charge is 2.18. The smallest absolute Gasteiger partial charge is 0.142 e. The normalized spacial score (nSPS) is 10.4. The van der Waals surface area contributed by atoms with E-state index in [-0.39, 0.29) is 0 Å². The fourth-order valence-electron chi connectivity index (χ4n) is 2.59. The molecule has 2 aromatic rings. The van der Waals surface area contributed by atoms with Gasteiger partial charge >= 0.3 is 0 Å². The number of rotatable bonds is 4. The van der Waals surface area contributed by atoms with E-state index in [4.69, 9.17) is 17.3 Å². The van der Waals surface area contributed by atoms with Gasteiger partial charge in [-0.1, -0.05) is 44.0 Å². The number of hydrogen-bond donors (Lipinski definition) is 1. The van der Waals surface area contributed by atoms with Crippen molar-refractivity contribution in [3.63, 3.8) is 0 Å². The van der Waals surface area contributed by atoms with Crippen molar-refractivity contribution in [1.82, 2.24) is 4.98 Å². The second kappa shape index (κ2) is 6.60. The van der Waals surface area contributed by atoms with Gasteiger partial charge in [0.05, 0.1) is 0 Å². The quantitative estimate of drug-likeness (QED) is 0.911.